The normalized spacial score (nSPS) is 22.1. The SMILES string of the molecule is Cc1ccc(NC(=O)CC2SC(NN)NC2=O)cc1. The van der Waals surface area contributed by atoms with Crippen LogP contribution in [0.15, 0.2) is 24.3 Å². The maximum absolute atomic E-state index is 11.8. The number of carbonyl (C=O) groups is 2. The molecule has 1 aromatic rings. The van der Waals surface area contributed by atoms with E-state index in [1.165, 1.54) is 11.8 Å². The molecule has 1 fully saturated rings. The third-order valence-electron chi connectivity index (χ3n) is 2.72. The minimum Gasteiger partial charge on any atom is -0.330 e. The molecule has 0 aliphatic carbocycles. The van der Waals surface area contributed by atoms with Gasteiger partial charge in [-0.1, -0.05) is 17.7 Å². The summed E-state index contributed by atoms with van der Waals surface area (Å²) < 4.78 is 0. The molecule has 0 saturated carbocycles. The summed E-state index contributed by atoms with van der Waals surface area (Å²) in [6.45, 7) is 1.98. The summed E-state index contributed by atoms with van der Waals surface area (Å²) >= 11 is 1.30. The highest BCUT2D eigenvalue weighted by atomic mass is 32.2. The van der Waals surface area contributed by atoms with Crippen LogP contribution in [0.5, 0.6) is 0 Å². The maximum Gasteiger partial charge on any atom is 0.235 e. The Hall–Kier alpha value is -1.57. The van der Waals surface area contributed by atoms with E-state index in [4.69, 9.17) is 5.84 Å². The zero-order valence-electron chi connectivity index (χ0n) is 10.5. The van der Waals surface area contributed by atoms with Crippen LogP contribution in [0.4, 0.5) is 5.69 Å². The van der Waals surface area contributed by atoms with Crippen molar-refractivity contribution in [2.45, 2.75) is 24.1 Å². The van der Waals surface area contributed by atoms with E-state index in [0.29, 0.717) is 0 Å². The lowest BCUT2D eigenvalue weighted by Gasteiger charge is -2.08. The van der Waals surface area contributed by atoms with E-state index in [0.717, 1.165) is 11.3 Å². The fourth-order valence-electron chi connectivity index (χ4n) is 1.72. The van der Waals surface area contributed by atoms with Gasteiger partial charge in [0.2, 0.25) is 11.8 Å². The Bertz CT molecular complexity index is 477. The third kappa shape index (κ3) is 3.69. The van der Waals surface area contributed by atoms with Crippen molar-refractivity contribution >= 4 is 29.3 Å². The Morgan fingerprint density at radius 2 is 2.11 bits per heavy atom. The zero-order valence-corrected chi connectivity index (χ0v) is 11.3. The molecule has 2 unspecified atom stereocenters. The number of nitrogens with two attached hydrogens (primary N) is 1. The first kappa shape index (κ1) is 13.9. The molecule has 2 amide bonds. The Balaban J connectivity index is 1.88. The maximum atomic E-state index is 11.8. The van der Waals surface area contributed by atoms with Crippen LogP contribution >= 0.6 is 11.8 Å². The molecule has 102 valence electrons. The van der Waals surface area contributed by atoms with Crippen LogP contribution in [0, 0.1) is 6.92 Å². The van der Waals surface area contributed by atoms with E-state index in [9.17, 15) is 9.59 Å². The number of thioether (sulfide) groups is 1. The highest BCUT2D eigenvalue weighted by molar-refractivity contribution is 8.01. The number of carbonyl (C=O) groups excluding carboxylic acids is 2. The quantitative estimate of drug-likeness (QED) is 0.470. The van der Waals surface area contributed by atoms with E-state index in [1.807, 2.05) is 31.2 Å². The highest BCUT2D eigenvalue weighted by Gasteiger charge is 2.33. The second-order valence-corrected chi connectivity index (χ2v) is 5.61. The third-order valence-corrected chi connectivity index (χ3v) is 3.96. The fraction of sp³-hybridized carbons (Fsp3) is 0.333. The lowest BCUT2D eigenvalue weighted by atomic mass is 10.2. The van der Waals surface area contributed by atoms with E-state index >= 15 is 0 Å². The molecule has 0 spiro atoms. The van der Waals surface area contributed by atoms with Gasteiger partial charge in [-0.15, -0.1) is 11.8 Å². The van der Waals surface area contributed by atoms with Gasteiger partial charge in [-0.3, -0.25) is 15.4 Å². The van der Waals surface area contributed by atoms with Gasteiger partial charge in [0, 0.05) is 12.1 Å². The predicted octanol–water partition coefficient (Wildman–Crippen LogP) is 0.302. The first-order valence-corrected chi connectivity index (χ1v) is 6.81. The van der Waals surface area contributed by atoms with Crippen LogP contribution in [0.1, 0.15) is 12.0 Å². The standard InChI is InChI=1S/C12H16N4O2S/c1-7-2-4-8(5-3-7)14-10(17)6-9-11(18)15-12(16-13)19-9/h2-5,9,12,16H,6,13H2,1H3,(H,14,17)(H,15,18). The van der Waals surface area contributed by atoms with Gasteiger partial charge >= 0.3 is 0 Å². The predicted molar refractivity (Wildman–Crippen MR) is 75.1 cm³/mol. The molecule has 1 aliphatic rings. The van der Waals surface area contributed by atoms with Crippen LogP contribution in [0.3, 0.4) is 0 Å². The van der Waals surface area contributed by atoms with Gasteiger partial charge in [-0.25, -0.2) is 5.43 Å². The molecule has 1 heterocycles. The van der Waals surface area contributed by atoms with Gasteiger partial charge in [0.15, 0.2) is 0 Å². The van der Waals surface area contributed by atoms with Crippen molar-refractivity contribution in [1.29, 1.82) is 0 Å². The summed E-state index contributed by atoms with van der Waals surface area (Å²) in [6, 6.07) is 7.50. The lowest BCUT2D eigenvalue weighted by Crippen LogP contribution is -2.41. The molecule has 2 atom stereocenters. The number of hydrazine groups is 1. The van der Waals surface area contributed by atoms with E-state index in [-0.39, 0.29) is 23.7 Å². The average molecular weight is 280 g/mol. The molecule has 0 radical (unpaired) electrons. The topological polar surface area (TPSA) is 96.2 Å². The average Bonchev–Trinajstić information content (AvgIpc) is 2.73. The Morgan fingerprint density at radius 1 is 1.42 bits per heavy atom. The second kappa shape index (κ2) is 6.05. The number of amides is 2. The molecule has 0 bridgehead atoms. The first-order chi connectivity index (χ1) is 9.08. The number of nitrogens with one attached hydrogen (secondary N) is 3. The minimum absolute atomic E-state index is 0.128. The van der Waals surface area contributed by atoms with Crippen LogP contribution < -0.4 is 21.9 Å². The summed E-state index contributed by atoms with van der Waals surface area (Å²) in [5.41, 5.74) is 3.98. The van der Waals surface area contributed by atoms with Crippen molar-refractivity contribution in [2.75, 3.05) is 5.32 Å². The summed E-state index contributed by atoms with van der Waals surface area (Å²) in [4.78, 5) is 23.4. The molecule has 1 aromatic carbocycles. The summed E-state index contributed by atoms with van der Waals surface area (Å²) in [5.74, 6) is 4.88. The van der Waals surface area contributed by atoms with Gasteiger partial charge in [0.25, 0.3) is 0 Å². The number of hydrogen-bond donors (Lipinski definition) is 4. The molecule has 7 heteroatoms. The molecule has 2 rings (SSSR count). The number of rotatable bonds is 4. The van der Waals surface area contributed by atoms with Gasteiger partial charge in [-0.05, 0) is 19.1 Å². The molecule has 5 N–H and O–H groups in total. The molecule has 6 nitrogen and oxygen atoms in total. The fourth-order valence-corrected chi connectivity index (χ4v) is 2.75. The molecule has 0 aromatic heterocycles. The minimum atomic E-state index is -0.411. The van der Waals surface area contributed by atoms with Gasteiger partial charge in [0.1, 0.15) is 5.50 Å². The molecule has 1 aliphatic heterocycles. The van der Waals surface area contributed by atoms with Crippen LogP contribution in [0.2, 0.25) is 0 Å². The Morgan fingerprint density at radius 3 is 2.68 bits per heavy atom. The number of aryl methyl sites for hydroxylation is 1. The van der Waals surface area contributed by atoms with Crippen LogP contribution in [0.25, 0.3) is 0 Å². The Kier molecular flexibility index (Phi) is 4.41. The van der Waals surface area contributed by atoms with E-state index in [1.54, 1.807) is 0 Å². The van der Waals surface area contributed by atoms with Crippen LogP contribution in [-0.2, 0) is 9.59 Å². The van der Waals surface area contributed by atoms with Crippen molar-refractivity contribution in [3.63, 3.8) is 0 Å². The van der Waals surface area contributed by atoms with Crippen molar-refractivity contribution < 1.29 is 9.59 Å². The molecule has 1 saturated heterocycles. The summed E-state index contributed by atoms with van der Waals surface area (Å²) in [5, 5.41) is 4.99. The number of benzene rings is 1. The lowest BCUT2D eigenvalue weighted by molar-refractivity contribution is -0.123. The van der Waals surface area contributed by atoms with Crippen molar-refractivity contribution in [2.24, 2.45) is 5.84 Å². The highest BCUT2D eigenvalue weighted by Crippen LogP contribution is 2.24. The molecular weight excluding hydrogens is 264 g/mol. The second-order valence-electron chi connectivity index (χ2n) is 4.30. The van der Waals surface area contributed by atoms with Crippen LogP contribution in [-0.4, -0.2) is 22.6 Å². The van der Waals surface area contributed by atoms with E-state index in [2.05, 4.69) is 16.1 Å². The van der Waals surface area contributed by atoms with Gasteiger partial charge in [-0.2, -0.15) is 0 Å². The first-order valence-electron chi connectivity index (χ1n) is 5.87. The van der Waals surface area contributed by atoms with Gasteiger partial charge in [0.05, 0.1) is 5.25 Å². The van der Waals surface area contributed by atoms with Crippen molar-refractivity contribution in [3.8, 4) is 0 Å². The van der Waals surface area contributed by atoms with Crippen molar-refractivity contribution in [3.05, 3.63) is 29.8 Å². The monoisotopic (exact) mass is 280 g/mol. The number of anilines is 1. The largest absolute Gasteiger partial charge is 0.330 e. The van der Waals surface area contributed by atoms with Gasteiger partial charge < -0.3 is 10.6 Å². The Labute approximate surface area is 115 Å². The van der Waals surface area contributed by atoms with E-state index < -0.39 is 5.25 Å². The summed E-state index contributed by atoms with van der Waals surface area (Å²) in [6.07, 6.45) is 0.128. The van der Waals surface area contributed by atoms with Crippen molar-refractivity contribution in [1.82, 2.24) is 10.7 Å². The molecule has 19 heavy (non-hydrogen) atoms. The molecular formula is C12H16N4O2S. The smallest absolute Gasteiger partial charge is 0.235 e. The number of hydrogen-bond acceptors (Lipinski definition) is 5. The zero-order chi connectivity index (χ0) is 13.8. The summed E-state index contributed by atoms with van der Waals surface area (Å²) in [7, 11) is 0.